The molecule has 0 spiro atoms. The Morgan fingerprint density at radius 2 is 1.71 bits per heavy atom. The van der Waals surface area contributed by atoms with Crippen LogP contribution >= 0.6 is 0 Å². The maximum Gasteiger partial charge on any atom is 0.0919 e. The van der Waals surface area contributed by atoms with Crippen molar-refractivity contribution in [1.82, 2.24) is 15.0 Å². The van der Waals surface area contributed by atoms with Gasteiger partial charge in [0.15, 0.2) is 0 Å². The summed E-state index contributed by atoms with van der Waals surface area (Å²) in [5.41, 5.74) is 0. The molecule has 0 aromatic carbocycles. The molecule has 1 radical (unpaired) electrons. The number of hydrogen-bond donors (Lipinski definition) is 1. The van der Waals surface area contributed by atoms with E-state index in [0.717, 1.165) is 0 Å². The Balaban J connectivity index is -0.0000000672. The van der Waals surface area contributed by atoms with Crippen molar-refractivity contribution in [2.75, 3.05) is 0 Å². The van der Waals surface area contributed by atoms with E-state index >= 15 is 0 Å². The fourth-order valence-corrected chi connectivity index (χ4v) is 0.430. The average Bonchev–Trinajstić information content (AvgIpc) is 3.14. The van der Waals surface area contributed by atoms with E-state index in [2.05, 4.69) is 39.9 Å². The van der Waals surface area contributed by atoms with Crippen molar-refractivity contribution in [2.45, 2.75) is 0 Å². The number of rotatable bonds is 0. The third kappa shape index (κ3) is 31.4. The van der Waals surface area contributed by atoms with Crippen LogP contribution in [0.25, 0.3) is 0 Å². The van der Waals surface area contributed by atoms with Gasteiger partial charge < -0.3 is 9.97 Å². The Kier molecular flexibility index (Phi) is 52.9. The predicted molar refractivity (Wildman–Crippen MR) is 46.7 cm³/mol. The molecule has 7 nitrogen and oxygen atoms in total. The molecule has 17 heavy (non-hydrogen) atoms. The summed E-state index contributed by atoms with van der Waals surface area (Å²) in [4.78, 5) is 12.8. The number of H-pyrrole nitrogens is 2. The number of imidazole rings is 2. The van der Waals surface area contributed by atoms with Gasteiger partial charge in [-0.1, -0.05) is 0 Å². The molecule has 2 aromatic rings. The van der Waals surface area contributed by atoms with Crippen LogP contribution in [0.2, 0.25) is 0 Å². The summed E-state index contributed by atoms with van der Waals surface area (Å²) >= 11 is 0. The van der Waals surface area contributed by atoms with E-state index in [1.54, 1.807) is 37.4 Å². The van der Waals surface area contributed by atoms with Gasteiger partial charge in [-0.3, -0.25) is 0 Å². The molecule has 0 aliphatic rings. The van der Waals surface area contributed by atoms with Gasteiger partial charge in [-0.15, -0.1) is 0 Å². The van der Waals surface area contributed by atoms with Gasteiger partial charge in [0.2, 0.25) is 0 Å². The number of aromatic amines is 2. The minimum Gasteiger partial charge on any atom is -0.351 e. The smallest absolute Gasteiger partial charge is 0.0919 e. The Morgan fingerprint density at radius 1 is 1.12 bits per heavy atom. The fraction of sp³-hybridized carbons (Fsp3) is 0. The Bertz CT molecular complexity index is 254. The first-order valence-corrected chi connectivity index (χ1v) is 3.47. The Hall–Kier alpha value is -1.70. The molecule has 89 valence electrons. The molecule has 0 atom stereocenters. The minimum atomic E-state index is 0. The third-order valence-electron chi connectivity index (χ3n) is 0.812. The van der Waals surface area contributed by atoms with Gasteiger partial charge in [0.25, 0.3) is 0 Å². The summed E-state index contributed by atoms with van der Waals surface area (Å²) in [7, 11) is 0. The third-order valence-corrected chi connectivity index (χ3v) is 0.812. The van der Waals surface area contributed by atoms with Crippen LogP contribution in [-0.4, -0.2) is 9.97 Å². The van der Waals surface area contributed by atoms with Gasteiger partial charge in [-0.25, -0.2) is 9.97 Å². The molecule has 0 bridgehead atoms. The SMILES string of the molecule is [C-]#[O+].[C-]#[O+].[C-]#[O+].[Re].c1c[nH+]c[n-]1.c1c[nH]cn1. The molecule has 2 heterocycles. The summed E-state index contributed by atoms with van der Waals surface area (Å²) in [6.45, 7) is 13.5. The van der Waals surface area contributed by atoms with Crippen LogP contribution in [-0.2, 0) is 34.4 Å². The van der Waals surface area contributed by atoms with E-state index in [1.165, 1.54) is 0 Å². The minimum absolute atomic E-state index is 0. The molecule has 0 aliphatic heterocycles. The van der Waals surface area contributed by atoms with Gasteiger partial charge in [0.1, 0.15) is 0 Å². The van der Waals surface area contributed by atoms with Crippen molar-refractivity contribution in [1.29, 1.82) is 0 Å². The average molecular weight is 406 g/mol. The molecule has 0 aliphatic carbocycles. The second-order valence-corrected chi connectivity index (χ2v) is 1.52. The second kappa shape index (κ2) is 36.7. The zero-order valence-electron chi connectivity index (χ0n) is 8.46. The molecule has 0 saturated carbocycles. The normalized spacial score (nSPS) is 5.06. The van der Waals surface area contributed by atoms with Crippen LogP contribution < -0.4 is 9.97 Å². The molecule has 2 N–H and O–H groups in total. The summed E-state index contributed by atoms with van der Waals surface area (Å²) in [6, 6.07) is 0. The fourth-order valence-electron chi connectivity index (χ4n) is 0.430. The molecule has 0 amide bonds. The van der Waals surface area contributed by atoms with Crippen LogP contribution in [0.5, 0.6) is 0 Å². The van der Waals surface area contributed by atoms with E-state index in [9.17, 15) is 0 Å². The van der Waals surface area contributed by atoms with Gasteiger partial charge in [0, 0.05) is 45.2 Å². The van der Waals surface area contributed by atoms with Gasteiger partial charge >= 0.3 is 33.9 Å². The molecular formula is C9H8N4O3Re. The number of nitrogens with zero attached hydrogens (tertiary/aromatic N) is 2. The molecule has 0 saturated heterocycles. The van der Waals surface area contributed by atoms with Crippen molar-refractivity contribution < 1.29 is 39.4 Å². The molecule has 2 aromatic heterocycles. The van der Waals surface area contributed by atoms with Crippen LogP contribution in [0.1, 0.15) is 0 Å². The van der Waals surface area contributed by atoms with Crippen molar-refractivity contribution >= 4 is 0 Å². The van der Waals surface area contributed by atoms with Crippen molar-refractivity contribution in [3.05, 3.63) is 57.4 Å². The first-order chi connectivity index (χ1) is 8.00. The van der Waals surface area contributed by atoms with Crippen molar-refractivity contribution in [3.8, 4) is 0 Å². The van der Waals surface area contributed by atoms with Crippen LogP contribution in [0.3, 0.4) is 0 Å². The van der Waals surface area contributed by atoms with E-state index in [4.69, 9.17) is 14.0 Å². The van der Waals surface area contributed by atoms with E-state index < -0.39 is 0 Å². The van der Waals surface area contributed by atoms with E-state index in [-0.39, 0.29) is 20.4 Å². The van der Waals surface area contributed by atoms with Crippen molar-refractivity contribution in [3.63, 3.8) is 0 Å². The number of hydrogen-bond acceptors (Lipinski definition) is 1. The molecule has 0 fully saturated rings. The summed E-state index contributed by atoms with van der Waals surface area (Å²) < 4.78 is 22.5. The maximum absolute atomic E-state index is 7.50. The van der Waals surface area contributed by atoms with Gasteiger partial charge in [-0.2, -0.15) is 0 Å². The molecular weight excluding hydrogens is 398 g/mol. The standard InChI is InChI=1S/C3H4N2.C3H3N2.3CO.Re/c2*1-2-5-3-4-1;3*1-2;/h1-3H,(H,4,5);1-3H;;;;/q;-1;;;;/p+1. The molecule has 0 unspecified atom stereocenters. The Morgan fingerprint density at radius 3 is 1.82 bits per heavy atom. The molecule has 2 rings (SSSR count). The number of aromatic nitrogens is 4. The monoisotopic (exact) mass is 407 g/mol. The number of nitrogens with one attached hydrogen (secondary N) is 2. The predicted octanol–water partition coefficient (Wildman–Crippen LogP) is -0.247. The zero-order chi connectivity index (χ0) is 13.1. The van der Waals surface area contributed by atoms with Crippen LogP contribution in [0.4, 0.5) is 0 Å². The van der Waals surface area contributed by atoms with E-state index in [0.29, 0.717) is 0 Å². The Labute approximate surface area is 112 Å². The summed E-state index contributed by atoms with van der Waals surface area (Å²) in [6.07, 6.45) is 10.2. The van der Waals surface area contributed by atoms with Crippen LogP contribution in [0.15, 0.2) is 37.4 Å². The van der Waals surface area contributed by atoms with Gasteiger partial charge in [-0.05, 0) is 0 Å². The largest absolute Gasteiger partial charge is 0.351 e. The second-order valence-electron chi connectivity index (χ2n) is 1.52. The van der Waals surface area contributed by atoms with Crippen molar-refractivity contribution in [2.24, 2.45) is 0 Å². The quantitative estimate of drug-likeness (QED) is 0.480. The first kappa shape index (κ1) is 24.5. The summed E-state index contributed by atoms with van der Waals surface area (Å²) in [5, 5.41) is 0. The van der Waals surface area contributed by atoms with Gasteiger partial charge in [0.05, 0.1) is 12.7 Å². The molecule has 8 heteroatoms. The topological polar surface area (TPSA) is 117 Å². The zero-order valence-corrected chi connectivity index (χ0v) is 11.2. The van der Waals surface area contributed by atoms with Crippen LogP contribution in [0, 0.1) is 20.0 Å². The maximum atomic E-state index is 7.50. The summed E-state index contributed by atoms with van der Waals surface area (Å²) in [5.74, 6) is 0. The van der Waals surface area contributed by atoms with E-state index in [1.807, 2.05) is 0 Å². The first-order valence-electron chi connectivity index (χ1n) is 3.47.